The van der Waals surface area contributed by atoms with E-state index < -0.39 is 7.60 Å². The van der Waals surface area contributed by atoms with E-state index in [0.717, 1.165) is 12.8 Å². The fourth-order valence-electron chi connectivity index (χ4n) is 3.07. The molecule has 21 heavy (non-hydrogen) atoms. The minimum atomic E-state index is -3.13. The molecule has 0 amide bonds. The van der Waals surface area contributed by atoms with Crippen LogP contribution in [0, 0.1) is 5.92 Å². The van der Waals surface area contributed by atoms with Gasteiger partial charge in [-0.1, -0.05) is 13.8 Å². The van der Waals surface area contributed by atoms with E-state index in [9.17, 15) is 4.57 Å². The van der Waals surface area contributed by atoms with Crippen LogP contribution in [0.25, 0.3) is 0 Å². The Hall–Kier alpha value is 0.135. The maximum Gasteiger partial charge on any atom is 0.328 e. The quantitative estimate of drug-likeness (QED) is 0.557. The Morgan fingerprint density at radius 2 is 1.95 bits per heavy atom. The summed E-state index contributed by atoms with van der Waals surface area (Å²) in [5.41, 5.74) is 0. The second-order valence-corrected chi connectivity index (χ2v) is 8.28. The smallest absolute Gasteiger partial charge is 0.328 e. The second kappa shape index (κ2) is 7.14. The molecule has 0 aromatic carbocycles. The third-order valence-electron chi connectivity index (χ3n) is 4.18. The van der Waals surface area contributed by atoms with E-state index in [1.54, 1.807) is 0 Å². The SMILES string of the molecule is [B]C1CC(OP(C)(=O)OCC2OC(C)CC2C)C(CC)O1. The molecule has 0 aromatic heterocycles. The standard InChI is InChI=1S/C14H26BO5P/c1-5-11-12(7-14(15)19-11)20-21(4,16)17-8-13-9(2)6-10(3)18-13/h9-14H,5-8H2,1-4H3. The lowest BCUT2D eigenvalue weighted by molar-refractivity contribution is 0.00269. The van der Waals surface area contributed by atoms with Gasteiger partial charge < -0.3 is 18.5 Å². The first-order valence-corrected chi connectivity index (χ1v) is 9.76. The third kappa shape index (κ3) is 4.80. The van der Waals surface area contributed by atoms with E-state index in [-0.39, 0.29) is 30.4 Å². The molecule has 7 atom stereocenters. The number of ether oxygens (including phenoxy) is 2. The second-order valence-electron chi connectivity index (χ2n) is 6.27. The molecule has 2 aliphatic heterocycles. The first kappa shape index (κ1) is 17.5. The average Bonchev–Trinajstić information content (AvgIpc) is 2.88. The summed E-state index contributed by atoms with van der Waals surface area (Å²) in [4.78, 5) is 0. The van der Waals surface area contributed by atoms with Gasteiger partial charge in [0.15, 0.2) is 0 Å². The summed E-state index contributed by atoms with van der Waals surface area (Å²) >= 11 is 0. The summed E-state index contributed by atoms with van der Waals surface area (Å²) in [6.07, 6.45) is 2.18. The van der Waals surface area contributed by atoms with Gasteiger partial charge in [-0.05, 0) is 32.1 Å². The average molecular weight is 316 g/mol. The Bertz CT molecular complexity index is 394. The summed E-state index contributed by atoms with van der Waals surface area (Å²) in [7, 11) is 2.63. The lowest BCUT2D eigenvalue weighted by Gasteiger charge is -2.24. The van der Waals surface area contributed by atoms with Crippen LogP contribution in [0.5, 0.6) is 0 Å². The van der Waals surface area contributed by atoms with Crippen LogP contribution < -0.4 is 0 Å². The molecule has 2 fully saturated rings. The molecule has 0 aliphatic carbocycles. The summed E-state index contributed by atoms with van der Waals surface area (Å²) < 4.78 is 35.0. The van der Waals surface area contributed by atoms with Crippen LogP contribution in [0.4, 0.5) is 0 Å². The van der Waals surface area contributed by atoms with Crippen molar-refractivity contribution in [2.45, 2.75) is 70.5 Å². The van der Waals surface area contributed by atoms with Gasteiger partial charge in [0, 0.05) is 12.7 Å². The van der Waals surface area contributed by atoms with Gasteiger partial charge in [0.05, 0.1) is 31.0 Å². The van der Waals surface area contributed by atoms with Crippen LogP contribution in [0.15, 0.2) is 0 Å². The molecular weight excluding hydrogens is 290 g/mol. The van der Waals surface area contributed by atoms with Crippen LogP contribution in [-0.4, -0.2) is 51.5 Å². The number of hydrogen-bond acceptors (Lipinski definition) is 5. The highest BCUT2D eigenvalue weighted by molar-refractivity contribution is 7.53. The van der Waals surface area contributed by atoms with Crippen LogP contribution in [-0.2, 0) is 23.1 Å². The van der Waals surface area contributed by atoms with E-state index in [1.807, 2.05) is 13.8 Å². The predicted molar refractivity (Wildman–Crippen MR) is 81.8 cm³/mol. The lowest BCUT2D eigenvalue weighted by Crippen LogP contribution is -2.24. The van der Waals surface area contributed by atoms with E-state index in [1.165, 1.54) is 6.66 Å². The molecular formula is C14H26BO5P. The van der Waals surface area contributed by atoms with E-state index >= 15 is 0 Å². The minimum absolute atomic E-state index is 0.0130. The van der Waals surface area contributed by atoms with Crippen molar-refractivity contribution in [3.63, 3.8) is 0 Å². The van der Waals surface area contributed by atoms with Gasteiger partial charge in [-0.2, -0.15) is 0 Å². The summed E-state index contributed by atoms with van der Waals surface area (Å²) in [6, 6.07) is -0.348. The maximum absolute atomic E-state index is 12.5. The lowest BCUT2D eigenvalue weighted by atomic mass is 9.96. The molecule has 7 unspecified atom stereocenters. The molecule has 0 bridgehead atoms. The van der Waals surface area contributed by atoms with Gasteiger partial charge in [0.2, 0.25) is 0 Å². The maximum atomic E-state index is 12.5. The molecule has 7 heteroatoms. The van der Waals surface area contributed by atoms with Crippen molar-refractivity contribution in [2.75, 3.05) is 13.3 Å². The van der Waals surface area contributed by atoms with Crippen molar-refractivity contribution in [1.29, 1.82) is 0 Å². The first-order valence-electron chi connectivity index (χ1n) is 7.77. The first-order chi connectivity index (χ1) is 9.80. The van der Waals surface area contributed by atoms with E-state index in [0.29, 0.717) is 18.9 Å². The third-order valence-corrected chi connectivity index (χ3v) is 5.45. The van der Waals surface area contributed by atoms with Gasteiger partial charge in [0.1, 0.15) is 7.85 Å². The molecule has 0 saturated carbocycles. The summed E-state index contributed by atoms with van der Waals surface area (Å²) in [6.45, 7) is 7.97. The minimum Gasteiger partial charge on any atom is -0.382 e. The van der Waals surface area contributed by atoms with E-state index in [2.05, 4.69) is 6.92 Å². The molecule has 2 saturated heterocycles. The molecule has 120 valence electrons. The number of hydrogen-bond donors (Lipinski definition) is 0. The Morgan fingerprint density at radius 1 is 1.24 bits per heavy atom. The molecule has 5 nitrogen and oxygen atoms in total. The molecule has 2 radical (unpaired) electrons. The highest BCUT2D eigenvalue weighted by atomic mass is 31.2. The van der Waals surface area contributed by atoms with Crippen molar-refractivity contribution >= 4 is 15.4 Å². The van der Waals surface area contributed by atoms with Gasteiger partial charge >= 0.3 is 7.60 Å². The van der Waals surface area contributed by atoms with Gasteiger partial charge in [-0.15, -0.1) is 0 Å². The largest absolute Gasteiger partial charge is 0.382 e. The van der Waals surface area contributed by atoms with Gasteiger partial charge in [-0.25, -0.2) is 0 Å². The van der Waals surface area contributed by atoms with Crippen molar-refractivity contribution in [2.24, 2.45) is 5.92 Å². The Balaban J connectivity index is 1.83. The zero-order valence-electron chi connectivity index (χ0n) is 13.4. The summed E-state index contributed by atoms with van der Waals surface area (Å²) in [5, 5.41) is 0. The zero-order valence-corrected chi connectivity index (χ0v) is 14.3. The predicted octanol–water partition coefficient (Wildman–Crippen LogP) is 2.72. The van der Waals surface area contributed by atoms with Crippen molar-refractivity contribution in [3.05, 3.63) is 0 Å². The van der Waals surface area contributed by atoms with Crippen LogP contribution >= 0.6 is 7.60 Å². The normalized spacial score (nSPS) is 43.0. The number of rotatable bonds is 6. The molecule has 0 aromatic rings. The molecule has 2 rings (SSSR count). The fourth-order valence-corrected chi connectivity index (χ4v) is 4.26. The molecule has 2 heterocycles. The van der Waals surface area contributed by atoms with Crippen molar-refractivity contribution in [3.8, 4) is 0 Å². The fraction of sp³-hybridized carbons (Fsp3) is 1.00. The van der Waals surface area contributed by atoms with Crippen LogP contribution in [0.3, 0.4) is 0 Å². The van der Waals surface area contributed by atoms with Crippen molar-refractivity contribution in [1.82, 2.24) is 0 Å². The van der Waals surface area contributed by atoms with E-state index in [4.69, 9.17) is 26.4 Å². The monoisotopic (exact) mass is 316 g/mol. The Kier molecular flexibility index (Phi) is 5.95. The zero-order chi connectivity index (χ0) is 15.6. The van der Waals surface area contributed by atoms with Crippen LogP contribution in [0.2, 0.25) is 0 Å². The van der Waals surface area contributed by atoms with Crippen LogP contribution in [0.1, 0.15) is 40.0 Å². The highest BCUT2D eigenvalue weighted by Gasteiger charge is 2.37. The van der Waals surface area contributed by atoms with Gasteiger partial charge in [-0.3, -0.25) is 4.57 Å². The van der Waals surface area contributed by atoms with Crippen molar-refractivity contribution < 1.29 is 23.1 Å². The Morgan fingerprint density at radius 3 is 2.52 bits per heavy atom. The topological polar surface area (TPSA) is 54.0 Å². The highest BCUT2D eigenvalue weighted by Crippen LogP contribution is 2.48. The molecule has 0 spiro atoms. The summed E-state index contributed by atoms with van der Waals surface area (Å²) in [5.74, 6) is 0.409. The Labute approximate surface area is 129 Å². The molecule has 2 aliphatic rings. The van der Waals surface area contributed by atoms with Gasteiger partial charge in [0.25, 0.3) is 0 Å². The molecule has 0 N–H and O–H groups in total.